The number of rotatable bonds is 2. The van der Waals surface area contributed by atoms with E-state index in [1.165, 1.54) is 24.0 Å². The van der Waals surface area contributed by atoms with Crippen molar-refractivity contribution in [1.82, 2.24) is 4.90 Å². The van der Waals surface area contributed by atoms with E-state index >= 15 is 0 Å². The van der Waals surface area contributed by atoms with Crippen LogP contribution in [0.2, 0.25) is 0 Å². The molecule has 0 aromatic heterocycles. The van der Waals surface area contributed by atoms with Crippen LogP contribution in [-0.4, -0.2) is 16.8 Å². The zero-order valence-electron chi connectivity index (χ0n) is 10.9. The second kappa shape index (κ2) is 4.60. The average molecular weight is 241 g/mol. The fourth-order valence-corrected chi connectivity index (χ4v) is 3.23. The molecule has 1 heterocycles. The normalized spacial score (nSPS) is 23.5. The van der Waals surface area contributed by atoms with Crippen molar-refractivity contribution in [1.29, 1.82) is 0 Å². The van der Waals surface area contributed by atoms with Crippen LogP contribution < -0.4 is 0 Å². The third-order valence-corrected chi connectivity index (χ3v) is 4.21. The number of carbonyl (C=O) groups is 1. The Hall–Kier alpha value is -1.57. The number of carbonyl (C=O) groups excluding carboxylic acids is 1. The maximum atomic E-state index is 12.3. The summed E-state index contributed by atoms with van der Waals surface area (Å²) >= 11 is 0. The van der Waals surface area contributed by atoms with Gasteiger partial charge in [0.15, 0.2) is 0 Å². The highest BCUT2D eigenvalue weighted by atomic mass is 16.2. The van der Waals surface area contributed by atoms with Gasteiger partial charge in [0.2, 0.25) is 5.91 Å². The lowest BCUT2D eigenvalue weighted by molar-refractivity contribution is -0.127. The van der Waals surface area contributed by atoms with Gasteiger partial charge in [-0.05, 0) is 37.3 Å². The number of hydrogen-bond acceptors (Lipinski definition) is 1. The molecule has 18 heavy (non-hydrogen) atoms. The van der Waals surface area contributed by atoms with Crippen LogP contribution in [0.4, 0.5) is 0 Å². The Kier molecular flexibility index (Phi) is 2.94. The summed E-state index contributed by atoms with van der Waals surface area (Å²) < 4.78 is 0. The maximum Gasteiger partial charge on any atom is 0.250 e. The number of fused-ring (bicyclic) bond motifs is 1. The number of nitrogens with zero attached hydrogens (tertiary/aromatic N) is 1. The molecule has 94 valence electrons. The molecule has 1 saturated carbocycles. The molecule has 2 nitrogen and oxygen atoms in total. The van der Waals surface area contributed by atoms with Crippen LogP contribution in [0.5, 0.6) is 0 Å². The van der Waals surface area contributed by atoms with Crippen molar-refractivity contribution in [2.45, 2.75) is 45.2 Å². The Labute approximate surface area is 108 Å². The van der Waals surface area contributed by atoms with Crippen LogP contribution in [0.1, 0.15) is 38.2 Å². The Morgan fingerprint density at radius 3 is 2.78 bits per heavy atom. The second-order valence-corrected chi connectivity index (χ2v) is 5.33. The minimum absolute atomic E-state index is 0.251. The Morgan fingerprint density at radius 2 is 2.00 bits per heavy atom. The molecule has 2 aliphatic rings. The summed E-state index contributed by atoms with van der Waals surface area (Å²) in [5.41, 5.74) is 3.64. The van der Waals surface area contributed by atoms with Crippen LogP contribution in [0.3, 0.4) is 0 Å². The van der Waals surface area contributed by atoms with E-state index in [1.54, 1.807) is 0 Å². The molecule has 0 N–H and O–H groups in total. The molecule has 1 aliphatic carbocycles. The highest BCUT2D eigenvalue weighted by Crippen LogP contribution is 2.37. The van der Waals surface area contributed by atoms with Crippen LogP contribution in [0.15, 0.2) is 41.5 Å². The Bertz CT molecular complexity index is 489. The molecule has 1 aliphatic heterocycles. The summed E-state index contributed by atoms with van der Waals surface area (Å²) in [5, 5.41) is 0. The fraction of sp³-hybridized carbons (Fsp3) is 0.438. The van der Waals surface area contributed by atoms with E-state index in [1.807, 2.05) is 25.1 Å². The minimum Gasteiger partial charge on any atom is -0.328 e. The van der Waals surface area contributed by atoms with Crippen LogP contribution in [0.25, 0.3) is 0 Å². The van der Waals surface area contributed by atoms with E-state index in [4.69, 9.17) is 0 Å². The smallest absolute Gasteiger partial charge is 0.250 e. The van der Waals surface area contributed by atoms with Gasteiger partial charge in [-0.3, -0.25) is 4.79 Å². The minimum atomic E-state index is 0.251. The molecule has 1 aromatic carbocycles. The summed E-state index contributed by atoms with van der Waals surface area (Å²) in [5.74, 6) is 0.251. The Morgan fingerprint density at radius 1 is 1.22 bits per heavy atom. The van der Waals surface area contributed by atoms with Crippen molar-refractivity contribution >= 4 is 5.91 Å². The lowest BCUT2D eigenvalue weighted by Gasteiger charge is -2.30. The molecular weight excluding hydrogens is 222 g/mol. The average Bonchev–Trinajstić information content (AvgIpc) is 2.66. The van der Waals surface area contributed by atoms with Gasteiger partial charge in [0.1, 0.15) is 0 Å². The quantitative estimate of drug-likeness (QED) is 0.778. The highest BCUT2D eigenvalue weighted by Gasteiger charge is 2.37. The molecule has 1 fully saturated rings. The summed E-state index contributed by atoms with van der Waals surface area (Å²) in [6.07, 6.45) is 4.76. The molecule has 1 unspecified atom stereocenters. The largest absolute Gasteiger partial charge is 0.328 e. The first-order valence-corrected chi connectivity index (χ1v) is 6.82. The van der Waals surface area contributed by atoms with Gasteiger partial charge in [-0.1, -0.05) is 36.8 Å². The van der Waals surface area contributed by atoms with Gasteiger partial charge in [-0.2, -0.15) is 0 Å². The number of amides is 1. The van der Waals surface area contributed by atoms with Gasteiger partial charge in [-0.15, -0.1) is 0 Å². The molecule has 0 spiro atoms. The first-order chi connectivity index (χ1) is 8.77. The topological polar surface area (TPSA) is 20.3 Å². The summed E-state index contributed by atoms with van der Waals surface area (Å²) in [7, 11) is 0. The molecule has 3 rings (SSSR count). The van der Waals surface area contributed by atoms with Crippen molar-refractivity contribution in [2.24, 2.45) is 0 Å². The zero-order valence-corrected chi connectivity index (χ0v) is 10.9. The zero-order chi connectivity index (χ0) is 12.5. The monoisotopic (exact) mass is 241 g/mol. The fourth-order valence-electron chi connectivity index (χ4n) is 3.23. The molecule has 2 heteroatoms. The summed E-state index contributed by atoms with van der Waals surface area (Å²) in [6.45, 7) is 2.76. The number of benzene rings is 1. The molecule has 1 atom stereocenters. The van der Waals surface area contributed by atoms with Crippen LogP contribution in [0, 0.1) is 0 Å². The highest BCUT2D eigenvalue weighted by molar-refractivity contribution is 5.97. The SMILES string of the molecule is CC1=C2CCCCC2N(Cc2ccccc2)C1=O. The molecule has 0 radical (unpaired) electrons. The van der Waals surface area contributed by atoms with Crippen LogP contribution in [-0.2, 0) is 11.3 Å². The lowest BCUT2D eigenvalue weighted by atomic mass is 9.89. The lowest BCUT2D eigenvalue weighted by Crippen LogP contribution is -2.36. The Balaban J connectivity index is 1.84. The van der Waals surface area contributed by atoms with Gasteiger partial charge >= 0.3 is 0 Å². The summed E-state index contributed by atoms with van der Waals surface area (Å²) in [4.78, 5) is 14.4. The molecule has 1 aromatic rings. The maximum absolute atomic E-state index is 12.3. The summed E-state index contributed by atoms with van der Waals surface area (Å²) in [6, 6.07) is 10.7. The van der Waals surface area contributed by atoms with Gasteiger partial charge in [0.05, 0.1) is 6.04 Å². The van der Waals surface area contributed by atoms with Gasteiger partial charge in [0.25, 0.3) is 0 Å². The van der Waals surface area contributed by atoms with Crippen molar-refractivity contribution < 1.29 is 4.79 Å². The van der Waals surface area contributed by atoms with Crippen molar-refractivity contribution in [2.75, 3.05) is 0 Å². The standard InChI is InChI=1S/C16H19NO/c1-12-14-9-5-6-10-15(14)17(16(12)18)11-13-7-3-2-4-8-13/h2-4,7-8,15H,5-6,9-11H2,1H3. The third-order valence-electron chi connectivity index (χ3n) is 4.21. The number of hydrogen-bond donors (Lipinski definition) is 0. The molecule has 0 saturated heterocycles. The molecule has 0 bridgehead atoms. The van der Waals surface area contributed by atoms with Crippen LogP contribution >= 0.6 is 0 Å². The molecular formula is C16H19NO. The van der Waals surface area contributed by atoms with Gasteiger partial charge in [-0.25, -0.2) is 0 Å². The third kappa shape index (κ3) is 1.86. The van der Waals surface area contributed by atoms with E-state index in [9.17, 15) is 4.79 Å². The van der Waals surface area contributed by atoms with E-state index < -0.39 is 0 Å². The van der Waals surface area contributed by atoms with Crippen molar-refractivity contribution in [3.63, 3.8) is 0 Å². The van der Waals surface area contributed by atoms with Gasteiger partial charge in [0, 0.05) is 12.1 Å². The van der Waals surface area contributed by atoms with Crippen molar-refractivity contribution in [3.05, 3.63) is 47.0 Å². The first kappa shape index (κ1) is 11.5. The molecule has 1 amide bonds. The van der Waals surface area contributed by atoms with E-state index in [0.29, 0.717) is 6.04 Å². The van der Waals surface area contributed by atoms with E-state index in [2.05, 4.69) is 17.0 Å². The van der Waals surface area contributed by atoms with E-state index in [-0.39, 0.29) is 5.91 Å². The first-order valence-electron chi connectivity index (χ1n) is 6.82. The van der Waals surface area contributed by atoms with Gasteiger partial charge < -0.3 is 4.90 Å². The predicted molar refractivity (Wildman–Crippen MR) is 71.9 cm³/mol. The second-order valence-electron chi connectivity index (χ2n) is 5.33. The van der Waals surface area contributed by atoms with E-state index in [0.717, 1.165) is 25.0 Å². The predicted octanol–water partition coefficient (Wildman–Crippen LogP) is 3.29. The van der Waals surface area contributed by atoms with Crippen molar-refractivity contribution in [3.8, 4) is 0 Å².